The van der Waals surface area contributed by atoms with E-state index in [0.717, 1.165) is 5.69 Å². The first kappa shape index (κ1) is 19.8. The number of carbonyl (C=O) groups is 2. The number of halogens is 2. The predicted octanol–water partition coefficient (Wildman–Crippen LogP) is 0.767. The number of Topliss-reactive ketones (excluding diaryl/α,β-unsaturated/α-hetero) is 1. The third-order valence-corrected chi connectivity index (χ3v) is 3.90. The lowest BCUT2D eigenvalue weighted by Gasteiger charge is -2.04. The molecule has 0 saturated carbocycles. The van der Waals surface area contributed by atoms with Crippen LogP contribution in [-0.4, -0.2) is 11.7 Å². The van der Waals surface area contributed by atoms with Gasteiger partial charge in [0.15, 0.2) is 12.4 Å². The molecule has 0 aliphatic carbocycles. The van der Waals surface area contributed by atoms with E-state index in [0.29, 0.717) is 16.1 Å². The molecule has 0 unspecified atom stereocenters. The summed E-state index contributed by atoms with van der Waals surface area (Å²) in [5.74, 6) is -0.276. The number of aromatic nitrogens is 1. The number of pyridine rings is 1. The first-order chi connectivity index (χ1) is 12.1. The van der Waals surface area contributed by atoms with E-state index in [4.69, 9.17) is 11.6 Å². The van der Waals surface area contributed by atoms with Gasteiger partial charge in [-0.05, 0) is 42.5 Å². The number of nitrogens with zero attached hydrogens (tertiary/aromatic N) is 1. The third kappa shape index (κ3) is 5.25. The number of para-hydroxylation sites is 1. The molecular weight excluding hydrogens is 416 g/mol. The minimum atomic E-state index is -0.223. The Bertz CT molecular complexity index is 899. The summed E-state index contributed by atoms with van der Waals surface area (Å²) in [5.41, 5.74) is 1.78. The average Bonchev–Trinajstić information content (AvgIpc) is 2.63. The molecule has 0 spiro atoms. The highest BCUT2D eigenvalue weighted by Gasteiger charge is 2.15. The fraction of sp³-hybridized carbons (Fsp3) is 0.0500. The molecule has 2 aromatic carbocycles. The summed E-state index contributed by atoms with van der Waals surface area (Å²) in [5, 5.41) is 3.41. The molecular formula is C20H16BrClN2O2. The first-order valence-electron chi connectivity index (χ1n) is 7.76. The SMILES string of the molecule is O=C(C[n+]1cccc(C(=O)Nc2ccccc2)c1)c1ccc(Cl)cc1.[Br-]. The van der Waals surface area contributed by atoms with Crippen molar-refractivity contribution < 1.29 is 31.1 Å². The van der Waals surface area contributed by atoms with Crippen molar-refractivity contribution in [1.82, 2.24) is 0 Å². The van der Waals surface area contributed by atoms with Crippen LogP contribution in [0.25, 0.3) is 0 Å². The van der Waals surface area contributed by atoms with E-state index in [2.05, 4.69) is 5.32 Å². The molecule has 0 fully saturated rings. The number of hydrogen-bond donors (Lipinski definition) is 1. The van der Waals surface area contributed by atoms with Crippen molar-refractivity contribution in [2.75, 3.05) is 5.32 Å². The van der Waals surface area contributed by atoms with Gasteiger partial charge in [-0.15, -0.1) is 0 Å². The van der Waals surface area contributed by atoms with Crippen LogP contribution in [0.4, 0.5) is 5.69 Å². The fourth-order valence-electron chi connectivity index (χ4n) is 2.37. The maximum absolute atomic E-state index is 12.3. The fourth-order valence-corrected chi connectivity index (χ4v) is 2.50. The van der Waals surface area contributed by atoms with E-state index in [1.54, 1.807) is 53.4 Å². The quantitative estimate of drug-likeness (QED) is 0.479. The summed E-state index contributed by atoms with van der Waals surface area (Å²) in [6.45, 7) is 0.147. The topological polar surface area (TPSA) is 50.0 Å². The molecule has 1 heterocycles. The molecule has 6 heteroatoms. The predicted molar refractivity (Wildman–Crippen MR) is 96.8 cm³/mol. The summed E-state index contributed by atoms with van der Waals surface area (Å²) in [4.78, 5) is 24.7. The van der Waals surface area contributed by atoms with Gasteiger partial charge in [0.2, 0.25) is 12.3 Å². The van der Waals surface area contributed by atoms with Gasteiger partial charge in [-0.25, -0.2) is 0 Å². The van der Waals surface area contributed by atoms with Crippen LogP contribution in [0.1, 0.15) is 20.7 Å². The average molecular weight is 432 g/mol. The Morgan fingerprint density at radius 2 is 1.58 bits per heavy atom. The minimum absolute atomic E-state index is 0. The Hall–Kier alpha value is -2.50. The number of hydrogen-bond acceptors (Lipinski definition) is 2. The second-order valence-electron chi connectivity index (χ2n) is 5.52. The van der Waals surface area contributed by atoms with Gasteiger partial charge in [0.25, 0.3) is 5.91 Å². The molecule has 1 N–H and O–H groups in total. The molecule has 26 heavy (non-hydrogen) atoms. The van der Waals surface area contributed by atoms with Gasteiger partial charge < -0.3 is 22.3 Å². The van der Waals surface area contributed by atoms with Gasteiger partial charge in [-0.2, -0.15) is 4.57 Å². The third-order valence-electron chi connectivity index (χ3n) is 3.64. The molecule has 132 valence electrons. The lowest BCUT2D eigenvalue weighted by atomic mass is 10.1. The second-order valence-corrected chi connectivity index (χ2v) is 5.95. The van der Waals surface area contributed by atoms with Crippen molar-refractivity contribution >= 4 is 29.0 Å². The van der Waals surface area contributed by atoms with Gasteiger partial charge in [0.1, 0.15) is 5.56 Å². The van der Waals surface area contributed by atoms with E-state index < -0.39 is 0 Å². The standard InChI is InChI=1S/C20H15ClN2O2.BrH/c21-17-10-8-15(9-11-17)19(24)14-23-12-4-5-16(13-23)20(25)22-18-6-2-1-3-7-18;/h1-13H,14H2;1H. The van der Waals surface area contributed by atoms with Crippen LogP contribution in [0, 0.1) is 0 Å². The van der Waals surface area contributed by atoms with Gasteiger partial charge in [-0.3, -0.25) is 9.59 Å². The first-order valence-corrected chi connectivity index (χ1v) is 8.14. The summed E-state index contributed by atoms with van der Waals surface area (Å²) in [6, 6.07) is 19.4. The maximum Gasteiger partial charge on any atom is 0.261 e. The second kappa shape index (κ2) is 9.27. The number of anilines is 1. The van der Waals surface area contributed by atoms with Crippen LogP contribution in [0.15, 0.2) is 79.1 Å². The number of ketones is 1. The van der Waals surface area contributed by atoms with E-state index >= 15 is 0 Å². The van der Waals surface area contributed by atoms with Crippen LogP contribution < -0.4 is 26.9 Å². The Labute approximate surface area is 167 Å². The number of nitrogens with one attached hydrogen (secondary N) is 1. The van der Waals surface area contributed by atoms with Crippen molar-refractivity contribution in [1.29, 1.82) is 0 Å². The Morgan fingerprint density at radius 3 is 2.27 bits per heavy atom. The molecule has 3 aromatic rings. The van der Waals surface area contributed by atoms with Crippen LogP contribution in [0.5, 0.6) is 0 Å². The largest absolute Gasteiger partial charge is 1.00 e. The zero-order valence-corrected chi connectivity index (χ0v) is 16.1. The Balaban J connectivity index is 0.00000243. The monoisotopic (exact) mass is 430 g/mol. The van der Waals surface area contributed by atoms with Gasteiger partial charge >= 0.3 is 0 Å². The molecule has 0 aliphatic heterocycles. The molecule has 0 saturated heterocycles. The molecule has 0 atom stereocenters. The number of benzene rings is 2. The molecule has 4 nitrogen and oxygen atoms in total. The molecule has 3 rings (SSSR count). The van der Waals surface area contributed by atoms with Gasteiger partial charge in [0.05, 0.1) is 0 Å². The van der Waals surface area contributed by atoms with Crippen LogP contribution in [0.2, 0.25) is 5.02 Å². The van der Waals surface area contributed by atoms with E-state index in [1.807, 2.05) is 30.3 Å². The highest BCUT2D eigenvalue weighted by Crippen LogP contribution is 2.10. The van der Waals surface area contributed by atoms with Gasteiger partial charge in [0, 0.05) is 22.3 Å². The lowest BCUT2D eigenvalue weighted by molar-refractivity contribution is -0.683. The molecule has 1 aromatic heterocycles. The van der Waals surface area contributed by atoms with Crippen molar-refractivity contribution in [3.8, 4) is 0 Å². The highest BCUT2D eigenvalue weighted by molar-refractivity contribution is 6.30. The number of amides is 1. The zero-order valence-electron chi connectivity index (χ0n) is 13.7. The summed E-state index contributed by atoms with van der Waals surface area (Å²) in [6.07, 6.45) is 3.42. The molecule has 0 aliphatic rings. The zero-order chi connectivity index (χ0) is 17.6. The highest BCUT2D eigenvalue weighted by atomic mass is 79.9. The Kier molecular flexibility index (Phi) is 7.06. The minimum Gasteiger partial charge on any atom is -1.00 e. The lowest BCUT2D eigenvalue weighted by Crippen LogP contribution is -3.00. The maximum atomic E-state index is 12.3. The number of carbonyl (C=O) groups excluding carboxylic acids is 2. The van der Waals surface area contributed by atoms with Crippen molar-refractivity contribution in [2.24, 2.45) is 0 Å². The van der Waals surface area contributed by atoms with E-state index in [1.165, 1.54) is 0 Å². The summed E-state index contributed by atoms with van der Waals surface area (Å²) in [7, 11) is 0. The normalized spacial score (nSPS) is 9.88. The van der Waals surface area contributed by atoms with E-state index in [-0.39, 0.29) is 35.2 Å². The summed E-state index contributed by atoms with van der Waals surface area (Å²) < 4.78 is 1.69. The summed E-state index contributed by atoms with van der Waals surface area (Å²) >= 11 is 5.84. The van der Waals surface area contributed by atoms with Crippen molar-refractivity contribution in [3.05, 3.63) is 95.3 Å². The van der Waals surface area contributed by atoms with Crippen LogP contribution in [0.3, 0.4) is 0 Å². The van der Waals surface area contributed by atoms with E-state index in [9.17, 15) is 9.59 Å². The molecule has 1 amide bonds. The molecule has 0 bridgehead atoms. The smallest absolute Gasteiger partial charge is 0.261 e. The van der Waals surface area contributed by atoms with Gasteiger partial charge in [-0.1, -0.05) is 29.8 Å². The van der Waals surface area contributed by atoms with Crippen LogP contribution in [-0.2, 0) is 6.54 Å². The Morgan fingerprint density at radius 1 is 0.885 bits per heavy atom. The van der Waals surface area contributed by atoms with Crippen molar-refractivity contribution in [3.63, 3.8) is 0 Å². The van der Waals surface area contributed by atoms with Crippen LogP contribution >= 0.6 is 11.6 Å². The van der Waals surface area contributed by atoms with Crippen molar-refractivity contribution in [2.45, 2.75) is 6.54 Å². The number of rotatable bonds is 5. The molecule has 0 radical (unpaired) electrons.